The smallest absolute Gasteiger partial charge is 0.315 e. The molecule has 1 atom stereocenters. The van der Waals surface area contributed by atoms with Crippen LogP contribution in [0.2, 0.25) is 0 Å². The van der Waals surface area contributed by atoms with Gasteiger partial charge in [-0.1, -0.05) is 0 Å². The second-order valence-corrected chi connectivity index (χ2v) is 4.41. The molecule has 2 amide bonds. The van der Waals surface area contributed by atoms with E-state index in [9.17, 15) is 4.79 Å². The van der Waals surface area contributed by atoms with Crippen LogP contribution >= 0.6 is 0 Å². The highest BCUT2D eigenvalue weighted by Crippen LogP contribution is 2.02. The maximum atomic E-state index is 11.5. The van der Waals surface area contributed by atoms with Crippen molar-refractivity contribution < 1.29 is 14.3 Å². The molecule has 2 fully saturated rings. The van der Waals surface area contributed by atoms with E-state index in [-0.39, 0.29) is 12.1 Å². The topological polar surface area (TPSA) is 62.8 Å². The molecule has 2 rings (SSSR count). The van der Waals surface area contributed by atoms with Gasteiger partial charge in [-0.15, -0.1) is 0 Å². The van der Waals surface area contributed by atoms with E-state index in [1.165, 1.54) is 0 Å². The van der Waals surface area contributed by atoms with Crippen molar-refractivity contribution in [3.63, 3.8) is 0 Å². The van der Waals surface area contributed by atoms with Gasteiger partial charge >= 0.3 is 6.03 Å². The van der Waals surface area contributed by atoms with Crippen molar-refractivity contribution in [1.82, 2.24) is 15.5 Å². The number of rotatable bonds is 4. The Balaban J connectivity index is 1.53. The summed E-state index contributed by atoms with van der Waals surface area (Å²) in [5, 5.41) is 5.77. The highest BCUT2D eigenvalue weighted by molar-refractivity contribution is 5.74. The molecule has 1 unspecified atom stereocenters. The molecular weight excluding hydrogens is 222 g/mol. The summed E-state index contributed by atoms with van der Waals surface area (Å²) in [6.45, 7) is 6.46. The fourth-order valence-electron chi connectivity index (χ4n) is 2.04. The Morgan fingerprint density at radius 2 is 2.06 bits per heavy atom. The number of urea groups is 1. The number of hydrogen-bond acceptors (Lipinski definition) is 4. The van der Waals surface area contributed by atoms with Crippen LogP contribution in [0.15, 0.2) is 0 Å². The largest absolute Gasteiger partial charge is 0.379 e. The number of carbonyl (C=O) groups is 1. The van der Waals surface area contributed by atoms with Crippen LogP contribution in [-0.4, -0.2) is 69.6 Å². The lowest BCUT2D eigenvalue weighted by molar-refractivity contribution is 0.0387. The van der Waals surface area contributed by atoms with Crippen molar-refractivity contribution in [3.05, 3.63) is 0 Å². The van der Waals surface area contributed by atoms with E-state index in [0.717, 1.165) is 45.9 Å². The van der Waals surface area contributed by atoms with Gasteiger partial charge in [0.25, 0.3) is 0 Å². The minimum Gasteiger partial charge on any atom is -0.379 e. The van der Waals surface area contributed by atoms with E-state index in [0.29, 0.717) is 13.2 Å². The summed E-state index contributed by atoms with van der Waals surface area (Å²) in [6.07, 6.45) is 0.914. The monoisotopic (exact) mass is 243 g/mol. The molecule has 0 bridgehead atoms. The third kappa shape index (κ3) is 4.49. The lowest BCUT2D eigenvalue weighted by Gasteiger charge is -2.26. The minimum absolute atomic E-state index is 0.0891. The molecule has 0 spiro atoms. The standard InChI is InChI=1S/C11H21N3O3/c15-11(13-10-1-6-17-9-10)12-2-3-14-4-7-16-8-5-14/h10H,1-9H2,(H2,12,13,15). The minimum atomic E-state index is -0.0891. The molecule has 0 aromatic rings. The second-order valence-electron chi connectivity index (χ2n) is 4.41. The zero-order valence-electron chi connectivity index (χ0n) is 10.1. The van der Waals surface area contributed by atoms with Crippen LogP contribution in [0.5, 0.6) is 0 Å². The summed E-state index contributed by atoms with van der Waals surface area (Å²) in [6, 6.07) is 0.0900. The first-order valence-corrected chi connectivity index (χ1v) is 6.27. The van der Waals surface area contributed by atoms with E-state index in [1.807, 2.05) is 0 Å². The highest BCUT2D eigenvalue weighted by Gasteiger charge is 2.17. The average Bonchev–Trinajstić information content (AvgIpc) is 2.83. The molecule has 0 radical (unpaired) electrons. The molecule has 2 heterocycles. The summed E-state index contributed by atoms with van der Waals surface area (Å²) in [5.41, 5.74) is 0. The van der Waals surface area contributed by atoms with Crippen molar-refractivity contribution >= 4 is 6.03 Å². The third-order valence-electron chi connectivity index (χ3n) is 3.08. The zero-order chi connectivity index (χ0) is 11.9. The van der Waals surface area contributed by atoms with Crippen LogP contribution in [0, 0.1) is 0 Å². The molecule has 0 saturated carbocycles. The van der Waals surface area contributed by atoms with E-state index in [1.54, 1.807) is 0 Å². The number of morpholine rings is 1. The normalized spacial score (nSPS) is 25.8. The quantitative estimate of drug-likeness (QED) is 0.692. The molecule has 0 aromatic carbocycles. The number of hydrogen-bond donors (Lipinski definition) is 2. The Kier molecular flexibility index (Phi) is 5.03. The Bertz CT molecular complexity index is 238. The third-order valence-corrected chi connectivity index (χ3v) is 3.08. The number of nitrogens with zero attached hydrogens (tertiary/aromatic N) is 1. The van der Waals surface area contributed by atoms with E-state index in [2.05, 4.69) is 15.5 Å². The predicted octanol–water partition coefficient (Wildman–Crippen LogP) is -0.593. The number of nitrogens with one attached hydrogen (secondary N) is 2. The first-order chi connectivity index (χ1) is 8.34. The number of carbonyl (C=O) groups excluding carboxylic acids is 1. The fourth-order valence-corrected chi connectivity index (χ4v) is 2.04. The van der Waals surface area contributed by atoms with Crippen molar-refractivity contribution in [3.8, 4) is 0 Å². The van der Waals surface area contributed by atoms with Crippen molar-refractivity contribution in [2.75, 3.05) is 52.6 Å². The first-order valence-electron chi connectivity index (χ1n) is 6.27. The number of ether oxygens (including phenoxy) is 2. The number of amides is 2. The van der Waals surface area contributed by atoms with Gasteiger partial charge < -0.3 is 20.1 Å². The van der Waals surface area contributed by atoms with Crippen LogP contribution in [0.25, 0.3) is 0 Å². The fraction of sp³-hybridized carbons (Fsp3) is 0.909. The van der Waals surface area contributed by atoms with E-state index in [4.69, 9.17) is 9.47 Å². The molecule has 2 saturated heterocycles. The summed E-state index contributed by atoms with van der Waals surface area (Å²) in [7, 11) is 0. The molecule has 2 N–H and O–H groups in total. The van der Waals surface area contributed by atoms with Crippen LogP contribution in [0.3, 0.4) is 0 Å². The van der Waals surface area contributed by atoms with Crippen LogP contribution in [0.4, 0.5) is 4.79 Å². The SMILES string of the molecule is O=C(NCCN1CCOCC1)NC1CCOC1. The molecule has 0 aromatic heterocycles. The van der Waals surface area contributed by atoms with Gasteiger partial charge in [-0.3, -0.25) is 4.90 Å². The maximum absolute atomic E-state index is 11.5. The first kappa shape index (κ1) is 12.6. The van der Waals surface area contributed by atoms with Gasteiger partial charge in [-0.25, -0.2) is 4.79 Å². The lowest BCUT2D eigenvalue weighted by Crippen LogP contribution is -2.46. The average molecular weight is 243 g/mol. The highest BCUT2D eigenvalue weighted by atomic mass is 16.5. The van der Waals surface area contributed by atoms with Crippen molar-refractivity contribution in [2.24, 2.45) is 0 Å². The van der Waals surface area contributed by atoms with Crippen molar-refractivity contribution in [1.29, 1.82) is 0 Å². The van der Waals surface area contributed by atoms with Crippen LogP contribution < -0.4 is 10.6 Å². The van der Waals surface area contributed by atoms with Gasteiger partial charge in [-0.05, 0) is 6.42 Å². The maximum Gasteiger partial charge on any atom is 0.315 e. The van der Waals surface area contributed by atoms with E-state index >= 15 is 0 Å². The van der Waals surface area contributed by atoms with Crippen LogP contribution in [0.1, 0.15) is 6.42 Å². The van der Waals surface area contributed by atoms with E-state index < -0.39 is 0 Å². The van der Waals surface area contributed by atoms with Gasteiger partial charge in [0.15, 0.2) is 0 Å². The molecule has 0 aliphatic carbocycles. The Hall–Kier alpha value is -0.850. The molecular formula is C11H21N3O3. The molecule has 2 aliphatic heterocycles. The van der Waals surface area contributed by atoms with Gasteiger partial charge in [0.1, 0.15) is 0 Å². The molecule has 17 heavy (non-hydrogen) atoms. The summed E-state index contributed by atoms with van der Waals surface area (Å²) in [4.78, 5) is 13.8. The summed E-state index contributed by atoms with van der Waals surface area (Å²) in [5.74, 6) is 0. The molecule has 6 nitrogen and oxygen atoms in total. The Labute approximate surface area is 102 Å². The Morgan fingerprint density at radius 1 is 1.24 bits per heavy atom. The van der Waals surface area contributed by atoms with Crippen LogP contribution in [-0.2, 0) is 9.47 Å². The second kappa shape index (κ2) is 6.78. The van der Waals surface area contributed by atoms with Gasteiger partial charge in [0.05, 0.1) is 25.9 Å². The zero-order valence-corrected chi connectivity index (χ0v) is 10.1. The molecule has 6 heteroatoms. The predicted molar refractivity (Wildman–Crippen MR) is 63.0 cm³/mol. The Morgan fingerprint density at radius 3 is 2.76 bits per heavy atom. The molecule has 98 valence electrons. The van der Waals surface area contributed by atoms with Gasteiger partial charge in [0, 0.05) is 32.8 Å². The van der Waals surface area contributed by atoms with Crippen molar-refractivity contribution in [2.45, 2.75) is 12.5 Å². The van der Waals surface area contributed by atoms with Gasteiger partial charge in [-0.2, -0.15) is 0 Å². The molecule has 2 aliphatic rings. The van der Waals surface area contributed by atoms with Gasteiger partial charge in [0.2, 0.25) is 0 Å². The summed E-state index contributed by atoms with van der Waals surface area (Å²) < 4.78 is 10.5. The lowest BCUT2D eigenvalue weighted by atomic mass is 10.3. The summed E-state index contributed by atoms with van der Waals surface area (Å²) >= 11 is 0.